The minimum Gasteiger partial charge on any atom is -0.460 e. The summed E-state index contributed by atoms with van der Waals surface area (Å²) in [5.74, 6) is -3.97. The predicted octanol–water partition coefficient (Wildman–Crippen LogP) is -0.00680. The Balaban J connectivity index is 0.00000264. The Kier molecular flexibility index (Phi) is 6.80. The van der Waals surface area contributed by atoms with E-state index in [9.17, 15) is 24.0 Å². The summed E-state index contributed by atoms with van der Waals surface area (Å²) in [4.78, 5) is 59.2. The molecule has 1 aromatic carbocycles. The van der Waals surface area contributed by atoms with Crippen molar-refractivity contribution >= 4 is 58.9 Å². The molecule has 0 spiro atoms. The second-order valence-corrected chi connectivity index (χ2v) is 4.60. The zero-order valence-electron chi connectivity index (χ0n) is 12.8. The largest absolute Gasteiger partial charge is 0.460 e. The molecule has 0 N–H and O–H groups in total. The van der Waals surface area contributed by atoms with Crippen LogP contribution in [0.3, 0.4) is 0 Å². The van der Waals surface area contributed by atoms with Crippen LogP contribution in [-0.4, -0.2) is 77.0 Å². The molecule has 0 bridgehead atoms. The number of rotatable bonds is 6. The van der Waals surface area contributed by atoms with E-state index >= 15 is 0 Å². The van der Waals surface area contributed by atoms with Gasteiger partial charge in [-0.15, -0.1) is 0 Å². The third kappa shape index (κ3) is 4.13. The van der Waals surface area contributed by atoms with Gasteiger partial charge in [-0.2, -0.15) is 0 Å². The second-order valence-electron chi connectivity index (χ2n) is 4.60. The van der Waals surface area contributed by atoms with E-state index in [1.165, 1.54) is 19.1 Å². The summed E-state index contributed by atoms with van der Waals surface area (Å²) >= 11 is 0. The average Bonchev–Trinajstić information content (AvgIpc) is 2.73. The summed E-state index contributed by atoms with van der Waals surface area (Å²) < 4.78 is 4.48. The summed E-state index contributed by atoms with van der Waals surface area (Å²) in [6.07, 6.45) is -0.702. The van der Waals surface area contributed by atoms with Crippen LogP contribution < -0.4 is 0 Å². The van der Waals surface area contributed by atoms with E-state index < -0.39 is 42.3 Å². The number of esters is 1. The molecule has 0 atom stereocenters. The SMILES string of the molecule is CCOC(=O)C(=O)CC(=O)CN1C(=O)c2ccccc2C1=O.[Na]. The van der Waals surface area contributed by atoms with E-state index in [1.807, 2.05) is 0 Å². The minimum atomic E-state index is -1.10. The number of Topliss-reactive ketones (excluding diaryl/α,β-unsaturated/α-hetero) is 2. The first kappa shape index (κ1) is 19.2. The fourth-order valence-corrected chi connectivity index (χ4v) is 2.08. The molecule has 7 nitrogen and oxygen atoms in total. The van der Waals surface area contributed by atoms with E-state index in [2.05, 4.69) is 4.74 Å². The van der Waals surface area contributed by atoms with Gasteiger partial charge in [-0.3, -0.25) is 24.1 Å². The standard InChI is InChI=1S/C15H13NO6.Na/c1-2-22-15(21)12(18)7-9(17)8-16-13(19)10-5-3-4-6-11(10)14(16)20;/h3-6H,2,7-8H2,1H3;. The summed E-state index contributed by atoms with van der Waals surface area (Å²) in [6, 6.07) is 6.20. The van der Waals surface area contributed by atoms with Crippen molar-refractivity contribution in [1.29, 1.82) is 0 Å². The van der Waals surface area contributed by atoms with E-state index in [-0.39, 0.29) is 47.3 Å². The first-order chi connectivity index (χ1) is 10.5. The number of ketones is 2. The Morgan fingerprint density at radius 2 is 1.57 bits per heavy atom. The monoisotopic (exact) mass is 326 g/mol. The fraction of sp³-hybridized carbons (Fsp3) is 0.267. The normalized spacial score (nSPS) is 12.5. The number of imide groups is 1. The van der Waals surface area contributed by atoms with Gasteiger partial charge in [-0.25, -0.2) is 4.79 Å². The molecule has 0 fully saturated rings. The van der Waals surface area contributed by atoms with Crippen LogP contribution in [0.4, 0.5) is 0 Å². The molecule has 8 heteroatoms. The molecule has 1 radical (unpaired) electrons. The topological polar surface area (TPSA) is 97.8 Å². The van der Waals surface area contributed by atoms with Crippen LogP contribution in [0, 0.1) is 0 Å². The molecule has 0 aromatic heterocycles. The molecule has 1 aliphatic rings. The van der Waals surface area contributed by atoms with Crippen LogP contribution in [0.2, 0.25) is 0 Å². The molecule has 0 unspecified atom stereocenters. The molecule has 2 amide bonds. The number of carbonyl (C=O) groups is 5. The van der Waals surface area contributed by atoms with Crippen LogP contribution in [0.25, 0.3) is 0 Å². The molecule has 2 rings (SSSR count). The number of hydrogen-bond donors (Lipinski definition) is 0. The maximum absolute atomic E-state index is 12.0. The average molecular weight is 326 g/mol. The van der Waals surface area contributed by atoms with Crippen LogP contribution in [0.1, 0.15) is 34.1 Å². The van der Waals surface area contributed by atoms with Crippen LogP contribution in [0.15, 0.2) is 24.3 Å². The van der Waals surface area contributed by atoms with E-state index in [4.69, 9.17) is 0 Å². The summed E-state index contributed by atoms with van der Waals surface area (Å²) in [7, 11) is 0. The molecule has 1 heterocycles. The van der Waals surface area contributed by atoms with Gasteiger partial charge in [-0.1, -0.05) is 12.1 Å². The fourth-order valence-electron chi connectivity index (χ4n) is 2.08. The van der Waals surface area contributed by atoms with E-state index in [1.54, 1.807) is 12.1 Å². The van der Waals surface area contributed by atoms with Crippen molar-refractivity contribution in [2.24, 2.45) is 0 Å². The first-order valence-corrected chi connectivity index (χ1v) is 6.62. The molecule has 1 aromatic rings. The Morgan fingerprint density at radius 3 is 2.04 bits per heavy atom. The van der Waals surface area contributed by atoms with Crippen molar-refractivity contribution in [2.75, 3.05) is 13.2 Å². The molecule has 23 heavy (non-hydrogen) atoms. The number of fused-ring (bicyclic) bond motifs is 1. The van der Waals surface area contributed by atoms with E-state index in [0.29, 0.717) is 0 Å². The van der Waals surface area contributed by atoms with Crippen molar-refractivity contribution < 1.29 is 28.7 Å². The predicted molar refractivity (Wildman–Crippen MR) is 78.8 cm³/mol. The number of amides is 2. The van der Waals surface area contributed by atoms with Crippen molar-refractivity contribution in [3.63, 3.8) is 0 Å². The Morgan fingerprint density at radius 1 is 1.04 bits per heavy atom. The van der Waals surface area contributed by atoms with Gasteiger partial charge in [0.05, 0.1) is 30.7 Å². The van der Waals surface area contributed by atoms with Crippen molar-refractivity contribution in [2.45, 2.75) is 13.3 Å². The number of nitrogens with zero attached hydrogens (tertiary/aromatic N) is 1. The maximum Gasteiger partial charge on any atom is 0.375 e. The number of benzene rings is 1. The summed E-state index contributed by atoms with van der Waals surface area (Å²) in [5.41, 5.74) is 0.439. The summed E-state index contributed by atoms with van der Waals surface area (Å²) in [5, 5.41) is 0. The van der Waals surface area contributed by atoms with Gasteiger partial charge in [0.2, 0.25) is 5.78 Å². The third-order valence-corrected chi connectivity index (χ3v) is 3.07. The first-order valence-electron chi connectivity index (χ1n) is 6.62. The quantitative estimate of drug-likeness (QED) is 0.240. The van der Waals surface area contributed by atoms with Crippen molar-refractivity contribution in [3.05, 3.63) is 35.4 Å². The third-order valence-electron chi connectivity index (χ3n) is 3.07. The number of carbonyl (C=O) groups excluding carboxylic acids is 5. The maximum atomic E-state index is 12.0. The Bertz CT molecular complexity index is 649. The van der Waals surface area contributed by atoms with Crippen LogP contribution in [-0.2, 0) is 19.1 Å². The molecule has 0 saturated heterocycles. The second kappa shape index (κ2) is 8.14. The van der Waals surface area contributed by atoms with Gasteiger partial charge in [0.1, 0.15) is 0 Å². The molecule has 0 saturated carbocycles. The zero-order valence-corrected chi connectivity index (χ0v) is 14.8. The van der Waals surface area contributed by atoms with Crippen molar-refractivity contribution in [3.8, 4) is 0 Å². The van der Waals surface area contributed by atoms with Crippen LogP contribution >= 0.6 is 0 Å². The molecule has 1 aliphatic heterocycles. The molecular weight excluding hydrogens is 313 g/mol. The number of ether oxygens (including phenoxy) is 1. The van der Waals surface area contributed by atoms with Crippen molar-refractivity contribution in [1.82, 2.24) is 4.90 Å². The minimum absolute atomic E-state index is 0. The van der Waals surface area contributed by atoms with Crippen LogP contribution in [0.5, 0.6) is 0 Å². The van der Waals surface area contributed by atoms with Gasteiger partial charge in [-0.05, 0) is 19.1 Å². The van der Waals surface area contributed by atoms with Gasteiger partial charge in [0.15, 0.2) is 5.78 Å². The Hall–Kier alpha value is -1.83. The van der Waals surface area contributed by atoms with Gasteiger partial charge < -0.3 is 4.74 Å². The molecule has 115 valence electrons. The van der Waals surface area contributed by atoms with E-state index in [0.717, 1.165) is 4.90 Å². The molecule has 0 aliphatic carbocycles. The van der Waals surface area contributed by atoms with Gasteiger partial charge in [0.25, 0.3) is 11.8 Å². The molecular formula is C15H13NNaO6. The Labute approximate surface area is 154 Å². The zero-order chi connectivity index (χ0) is 16.3. The smallest absolute Gasteiger partial charge is 0.375 e. The van der Waals surface area contributed by atoms with Gasteiger partial charge >= 0.3 is 5.97 Å². The summed E-state index contributed by atoms with van der Waals surface area (Å²) in [6.45, 7) is 1.01. The number of hydrogen-bond acceptors (Lipinski definition) is 6. The van der Waals surface area contributed by atoms with Gasteiger partial charge in [0, 0.05) is 29.6 Å².